The highest BCUT2D eigenvalue weighted by molar-refractivity contribution is 7.89. The van der Waals surface area contributed by atoms with E-state index in [1.165, 1.54) is 0 Å². The van der Waals surface area contributed by atoms with E-state index >= 15 is 0 Å². The van der Waals surface area contributed by atoms with Crippen LogP contribution in [-0.2, 0) is 15.6 Å². The topological polar surface area (TPSA) is 79.0 Å². The Balaban J connectivity index is 1.77. The van der Waals surface area contributed by atoms with Crippen molar-refractivity contribution in [2.45, 2.75) is 69.1 Å². The van der Waals surface area contributed by atoms with Gasteiger partial charge in [-0.3, -0.25) is 4.68 Å². The molecule has 132 valence electrons. The molecule has 1 saturated carbocycles. The van der Waals surface area contributed by atoms with Crippen molar-refractivity contribution in [3.05, 3.63) is 18.0 Å². The van der Waals surface area contributed by atoms with Gasteiger partial charge in [0.05, 0.1) is 23.9 Å². The van der Waals surface area contributed by atoms with Gasteiger partial charge in [0.1, 0.15) is 5.54 Å². The third kappa shape index (κ3) is 2.98. The number of nitrogens with zero attached hydrogens (tertiary/aromatic N) is 4. The summed E-state index contributed by atoms with van der Waals surface area (Å²) in [6.45, 7) is 4.91. The highest BCUT2D eigenvalue weighted by Gasteiger charge is 2.51. The molecule has 2 fully saturated rings. The Morgan fingerprint density at radius 3 is 2.54 bits per heavy atom. The fourth-order valence-electron chi connectivity index (χ4n) is 3.74. The van der Waals surface area contributed by atoms with Gasteiger partial charge in [0.2, 0.25) is 10.0 Å². The molecule has 24 heavy (non-hydrogen) atoms. The number of hydrogen-bond acceptors (Lipinski definition) is 4. The van der Waals surface area contributed by atoms with Gasteiger partial charge in [-0.25, -0.2) is 8.42 Å². The Hall–Kier alpha value is -1.39. The number of nitriles is 1. The first-order valence-electron chi connectivity index (χ1n) is 8.80. The fraction of sp³-hybridized carbons (Fsp3) is 0.765. The zero-order valence-corrected chi connectivity index (χ0v) is 15.3. The lowest BCUT2D eigenvalue weighted by molar-refractivity contribution is 0.0702. The van der Waals surface area contributed by atoms with Crippen molar-refractivity contribution >= 4 is 10.0 Å². The summed E-state index contributed by atoms with van der Waals surface area (Å²) in [6.07, 6.45) is 8.73. The Morgan fingerprint density at radius 1 is 1.33 bits per heavy atom. The zero-order valence-electron chi connectivity index (χ0n) is 14.5. The first kappa shape index (κ1) is 17.4. The average Bonchev–Trinajstić information content (AvgIpc) is 3.01. The van der Waals surface area contributed by atoms with Crippen LogP contribution in [0.15, 0.2) is 12.4 Å². The molecule has 0 radical (unpaired) electrons. The van der Waals surface area contributed by atoms with Crippen molar-refractivity contribution in [1.82, 2.24) is 14.1 Å². The molecule has 1 aromatic heterocycles. The molecule has 0 aromatic carbocycles. The van der Waals surface area contributed by atoms with E-state index < -0.39 is 15.6 Å². The smallest absolute Gasteiger partial charge is 0.217 e. The first-order chi connectivity index (χ1) is 11.4. The van der Waals surface area contributed by atoms with Crippen LogP contribution in [0.1, 0.15) is 63.9 Å². The maximum absolute atomic E-state index is 12.8. The number of aromatic nitrogens is 2. The lowest BCUT2D eigenvalue weighted by Gasteiger charge is -2.49. The second-order valence-electron chi connectivity index (χ2n) is 7.51. The van der Waals surface area contributed by atoms with E-state index in [1.54, 1.807) is 4.31 Å². The SMILES string of the molecule is CC(C)c1cnn(C2(CC#N)CN(S(=O)(=O)C3CCCCC3)C2)c1. The molecule has 1 aliphatic carbocycles. The van der Waals surface area contributed by atoms with Gasteiger partial charge in [0.15, 0.2) is 0 Å². The Bertz CT molecular complexity index is 720. The monoisotopic (exact) mass is 350 g/mol. The number of hydrogen-bond donors (Lipinski definition) is 0. The predicted molar refractivity (Wildman–Crippen MR) is 91.9 cm³/mol. The van der Waals surface area contributed by atoms with Crippen molar-refractivity contribution in [1.29, 1.82) is 5.26 Å². The van der Waals surface area contributed by atoms with Crippen LogP contribution in [0.5, 0.6) is 0 Å². The Kier molecular flexibility index (Phi) is 4.71. The van der Waals surface area contributed by atoms with Crippen LogP contribution < -0.4 is 0 Å². The lowest BCUT2D eigenvalue weighted by Crippen LogP contribution is -2.65. The van der Waals surface area contributed by atoms with Crippen LogP contribution in [0.3, 0.4) is 0 Å². The molecule has 0 atom stereocenters. The molecule has 1 aliphatic heterocycles. The molecule has 3 rings (SSSR count). The Labute approximate surface area is 144 Å². The van der Waals surface area contributed by atoms with Gasteiger partial charge in [0.25, 0.3) is 0 Å². The molecule has 2 heterocycles. The second-order valence-corrected chi connectivity index (χ2v) is 9.72. The summed E-state index contributed by atoms with van der Waals surface area (Å²) in [5.74, 6) is 0.361. The highest BCUT2D eigenvalue weighted by atomic mass is 32.2. The van der Waals surface area contributed by atoms with E-state index in [1.807, 2.05) is 17.1 Å². The van der Waals surface area contributed by atoms with Crippen molar-refractivity contribution in [3.8, 4) is 6.07 Å². The average molecular weight is 350 g/mol. The van der Waals surface area contributed by atoms with Gasteiger partial charge in [-0.15, -0.1) is 0 Å². The minimum absolute atomic E-state index is 0.241. The maximum Gasteiger partial charge on any atom is 0.217 e. The molecular formula is C17H26N4O2S. The van der Waals surface area contributed by atoms with Gasteiger partial charge < -0.3 is 0 Å². The third-order valence-corrected chi connectivity index (χ3v) is 7.73. The number of rotatable bonds is 5. The second kappa shape index (κ2) is 6.49. The molecule has 0 amide bonds. The summed E-state index contributed by atoms with van der Waals surface area (Å²) in [4.78, 5) is 0. The van der Waals surface area contributed by atoms with E-state index in [2.05, 4.69) is 25.0 Å². The summed E-state index contributed by atoms with van der Waals surface area (Å²) >= 11 is 0. The van der Waals surface area contributed by atoms with Gasteiger partial charge >= 0.3 is 0 Å². The number of sulfonamides is 1. The molecule has 0 N–H and O–H groups in total. The van der Waals surface area contributed by atoms with E-state index in [9.17, 15) is 13.7 Å². The van der Waals surface area contributed by atoms with Crippen LogP contribution in [0.25, 0.3) is 0 Å². The molecule has 1 aromatic rings. The predicted octanol–water partition coefficient (Wildman–Crippen LogP) is 2.59. The van der Waals surface area contributed by atoms with Crippen molar-refractivity contribution in [2.24, 2.45) is 0 Å². The molecule has 1 saturated heterocycles. The fourth-order valence-corrected chi connectivity index (χ4v) is 5.93. The zero-order chi connectivity index (χ0) is 17.4. The van der Waals surface area contributed by atoms with Crippen LogP contribution in [-0.4, -0.2) is 40.8 Å². The molecule has 2 aliphatic rings. The largest absolute Gasteiger partial charge is 0.263 e. The van der Waals surface area contributed by atoms with Crippen LogP contribution in [0.2, 0.25) is 0 Å². The van der Waals surface area contributed by atoms with Gasteiger partial charge in [-0.1, -0.05) is 33.1 Å². The normalized spacial score (nSPS) is 22.2. The highest BCUT2D eigenvalue weighted by Crippen LogP contribution is 2.38. The van der Waals surface area contributed by atoms with Crippen LogP contribution in [0, 0.1) is 11.3 Å². The third-order valence-electron chi connectivity index (χ3n) is 5.44. The Morgan fingerprint density at radius 2 is 2.00 bits per heavy atom. The molecule has 6 nitrogen and oxygen atoms in total. The maximum atomic E-state index is 12.8. The molecule has 0 unspecified atom stereocenters. The van der Waals surface area contributed by atoms with Crippen LogP contribution in [0.4, 0.5) is 0 Å². The standard InChI is InChI=1S/C17H26N4O2S/c1-14(2)15-10-19-21(11-15)17(8-9-18)12-20(13-17)24(22,23)16-6-4-3-5-7-16/h10-11,14,16H,3-8,12-13H2,1-2H3. The van der Waals surface area contributed by atoms with E-state index in [-0.39, 0.29) is 11.7 Å². The molecule has 0 bridgehead atoms. The van der Waals surface area contributed by atoms with Crippen LogP contribution >= 0.6 is 0 Å². The van der Waals surface area contributed by atoms with E-state index in [4.69, 9.17) is 0 Å². The van der Waals surface area contributed by atoms with E-state index in [0.29, 0.717) is 19.0 Å². The van der Waals surface area contributed by atoms with Gasteiger partial charge in [0, 0.05) is 19.3 Å². The summed E-state index contributed by atoms with van der Waals surface area (Å²) in [5.41, 5.74) is 0.602. The van der Waals surface area contributed by atoms with E-state index in [0.717, 1.165) is 37.7 Å². The minimum Gasteiger partial charge on any atom is -0.263 e. The summed E-state index contributed by atoms with van der Waals surface area (Å²) in [7, 11) is -3.25. The quantitative estimate of drug-likeness (QED) is 0.817. The first-order valence-corrected chi connectivity index (χ1v) is 10.3. The minimum atomic E-state index is -3.25. The van der Waals surface area contributed by atoms with Crippen molar-refractivity contribution in [2.75, 3.05) is 13.1 Å². The van der Waals surface area contributed by atoms with Gasteiger partial charge in [-0.05, 0) is 24.3 Å². The summed E-state index contributed by atoms with van der Waals surface area (Å²) < 4.78 is 29.0. The lowest BCUT2D eigenvalue weighted by atomic mass is 9.89. The molecule has 0 spiro atoms. The van der Waals surface area contributed by atoms with Crippen molar-refractivity contribution < 1.29 is 8.42 Å². The summed E-state index contributed by atoms with van der Waals surface area (Å²) in [6, 6.07) is 2.22. The summed E-state index contributed by atoms with van der Waals surface area (Å²) in [5, 5.41) is 13.4. The molecular weight excluding hydrogens is 324 g/mol. The van der Waals surface area contributed by atoms with Gasteiger partial charge in [-0.2, -0.15) is 14.7 Å². The van der Waals surface area contributed by atoms with Crippen molar-refractivity contribution in [3.63, 3.8) is 0 Å². The molecule has 7 heteroatoms.